The molecule has 2 aromatic carbocycles. The smallest absolute Gasteiger partial charge is 0.380 e. The van der Waals surface area contributed by atoms with Gasteiger partial charge in [0.1, 0.15) is 17.2 Å². The van der Waals surface area contributed by atoms with Crippen LogP contribution >= 0.6 is 7.60 Å². The second kappa shape index (κ2) is 7.21. The van der Waals surface area contributed by atoms with Crippen molar-refractivity contribution in [2.75, 3.05) is 0 Å². The number of hydrogen-bond donors (Lipinski definition) is 3. The molecule has 0 fully saturated rings. The molecule has 0 aliphatic rings. The molecule has 1 atom stereocenters. The van der Waals surface area contributed by atoms with E-state index in [9.17, 15) is 19.7 Å². The molecule has 0 aromatic heterocycles. The fourth-order valence-corrected chi connectivity index (χ4v) is 4.00. The molecule has 0 heterocycles. The third-order valence-corrected chi connectivity index (χ3v) is 5.53. The first kappa shape index (κ1) is 21.3. The van der Waals surface area contributed by atoms with Gasteiger partial charge in [-0.3, -0.25) is 0 Å². The van der Waals surface area contributed by atoms with Crippen molar-refractivity contribution < 1.29 is 24.2 Å². The van der Waals surface area contributed by atoms with Gasteiger partial charge in [-0.2, -0.15) is 0 Å². The third kappa shape index (κ3) is 5.50. The molecule has 0 amide bonds. The number of benzene rings is 2. The predicted molar refractivity (Wildman–Crippen MR) is 108 cm³/mol. The third-order valence-electron chi connectivity index (χ3n) is 4.27. The van der Waals surface area contributed by atoms with Gasteiger partial charge in [-0.15, -0.1) is 0 Å². The monoisotopic (exact) mass is 392 g/mol. The predicted octanol–water partition coefficient (Wildman–Crippen LogP) is 5.46. The van der Waals surface area contributed by atoms with E-state index in [2.05, 4.69) is 0 Å². The average Bonchev–Trinajstić information content (AvgIpc) is 2.48. The van der Waals surface area contributed by atoms with Gasteiger partial charge in [-0.1, -0.05) is 53.7 Å². The quantitative estimate of drug-likeness (QED) is 0.602. The first-order valence-corrected chi connectivity index (χ1v) is 10.6. The molecule has 0 aliphatic carbocycles. The van der Waals surface area contributed by atoms with Gasteiger partial charge >= 0.3 is 7.60 Å². The molecular formula is C21H29O5P. The van der Waals surface area contributed by atoms with Crippen LogP contribution in [0.25, 0.3) is 0 Å². The number of hydrogen-bond acceptors (Lipinski definition) is 4. The van der Waals surface area contributed by atoms with E-state index in [1.54, 1.807) is 24.3 Å². The maximum atomic E-state index is 12.7. The lowest BCUT2D eigenvalue weighted by atomic mass is 9.79. The molecular weight excluding hydrogens is 363 g/mol. The van der Waals surface area contributed by atoms with E-state index in [4.69, 9.17) is 4.52 Å². The van der Waals surface area contributed by atoms with Gasteiger partial charge in [0.05, 0.1) is 6.16 Å². The molecule has 3 N–H and O–H groups in total. The van der Waals surface area contributed by atoms with Crippen molar-refractivity contribution in [3.63, 3.8) is 0 Å². The number of rotatable bonds is 4. The number of aromatic hydroxyl groups is 2. The largest absolute Gasteiger partial charge is 0.508 e. The molecule has 0 bridgehead atoms. The van der Waals surface area contributed by atoms with Crippen molar-refractivity contribution in [2.45, 2.75) is 58.5 Å². The van der Waals surface area contributed by atoms with Crippen LogP contribution in [0.2, 0.25) is 0 Å². The van der Waals surface area contributed by atoms with Crippen LogP contribution in [0.3, 0.4) is 0 Å². The van der Waals surface area contributed by atoms with Crippen molar-refractivity contribution in [2.24, 2.45) is 0 Å². The Morgan fingerprint density at radius 2 is 1.33 bits per heavy atom. The Hall–Kier alpha value is -1.97. The Kier molecular flexibility index (Phi) is 5.70. The summed E-state index contributed by atoms with van der Waals surface area (Å²) in [4.78, 5) is 10.4. The first-order valence-electron chi connectivity index (χ1n) is 8.86. The lowest BCUT2D eigenvalue weighted by Gasteiger charge is -2.28. The zero-order valence-electron chi connectivity index (χ0n) is 16.8. The van der Waals surface area contributed by atoms with Crippen LogP contribution < -0.4 is 4.52 Å². The Bertz CT molecular complexity index is 823. The lowest BCUT2D eigenvalue weighted by molar-refractivity contribution is 0.373. The highest BCUT2D eigenvalue weighted by Crippen LogP contribution is 2.49. The summed E-state index contributed by atoms with van der Waals surface area (Å²) in [6.07, 6.45) is -0.177. The minimum absolute atomic E-state index is 0.0932. The zero-order chi connectivity index (χ0) is 20.6. The summed E-state index contributed by atoms with van der Waals surface area (Å²) in [5.74, 6) is 0.538. The van der Waals surface area contributed by atoms with Crippen LogP contribution in [0.5, 0.6) is 17.2 Å². The maximum absolute atomic E-state index is 12.7. The van der Waals surface area contributed by atoms with Crippen molar-refractivity contribution in [3.05, 3.63) is 53.1 Å². The number of phenols is 2. The van der Waals surface area contributed by atoms with Crippen molar-refractivity contribution in [1.82, 2.24) is 0 Å². The van der Waals surface area contributed by atoms with E-state index in [0.717, 1.165) is 0 Å². The van der Waals surface area contributed by atoms with Crippen LogP contribution in [-0.2, 0) is 21.6 Å². The standard InChI is InChI=1S/C21H29O5P/c1-20(2,3)17-11-16(12-18(19(17)23)21(4,5)6)26-27(24,25)13-14-7-9-15(22)10-8-14/h7-12,22-23H,13H2,1-6H3,(H,24,25). The van der Waals surface area contributed by atoms with E-state index in [1.807, 2.05) is 41.5 Å². The van der Waals surface area contributed by atoms with E-state index >= 15 is 0 Å². The van der Waals surface area contributed by atoms with Crippen LogP contribution in [-0.4, -0.2) is 15.1 Å². The van der Waals surface area contributed by atoms with E-state index in [1.165, 1.54) is 12.1 Å². The molecule has 6 heteroatoms. The fraction of sp³-hybridized carbons (Fsp3) is 0.429. The van der Waals surface area contributed by atoms with Crippen LogP contribution in [0.4, 0.5) is 0 Å². The molecule has 0 aliphatic heterocycles. The van der Waals surface area contributed by atoms with E-state index < -0.39 is 7.60 Å². The van der Waals surface area contributed by atoms with Crippen molar-refractivity contribution in [3.8, 4) is 17.2 Å². The lowest BCUT2D eigenvalue weighted by Crippen LogP contribution is -2.17. The summed E-state index contributed by atoms with van der Waals surface area (Å²) < 4.78 is 18.2. The molecule has 1 unspecified atom stereocenters. The average molecular weight is 392 g/mol. The Labute approximate surface area is 161 Å². The van der Waals surface area contributed by atoms with Crippen LogP contribution in [0.1, 0.15) is 58.2 Å². The molecule has 5 nitrogen and oxygen atoms in total. The Morgan fingerprint density at radius 1 is 0.889 bits per heavy atom. The van der Waals surface area contributed by atoms with Gasteiger partial charge in [0.15, 0.2) is 0 Å². The molecule has 0 spiro atoms. The van der Waals surface area contributed by atoms with Gasteiger partial charge in [-0.25, -0.2) is 4.57 Å². The maximum Gasteiger partial charge on any atom is 0.380 e. The molecule has 2 rings (SSSR count). The van der Waals surface area contributed by atoms with Gasteiger partial charge in [0, 0.05) is 11.1 Å². The second-order valence-electron chi connectivity index (χ2n) is 8.92. The summed E-state index contributed by atoms with van der Waals surface area (Å²) in [5.41, 5.74) is 1.19. The highest BCUT2D eigenvalue weighted by molar-refractivity contribution is 7.52. The minimum Gasteiger partial charge on any atom is -0.508 e. The normalized spacial score (nSPS) is 14.6. The summed E-state index contributed by atoms with van der Waals surface area (Å²) in [6.45, 7) is 11.8. The zero-order valence-corrected chi connectivity index (χ0v) is 17.7. The molecule has 148 valence electrons. The van der Waals surface area contributed by atoms with Crippen LogP contribution in [0.15, 0.2) is 36.4 Å². The van der Waals surface area contributed by atoms with Crippen molar-refractivity contribution in [1.29, 1.82) is 0 Å². The molecule has 0 saturated carbocycles. The summed E-state index contributed by atoms with van der Waals surface area (Å²) >= 11 is 0. The van der Waals surface area contributed by atoms with E-state index in [0.29, 0.717) is 16.7 Å². The van der Waals surface area contributed by atoms with Crippen LogP contribution in [0, 0.1) is 0 Å². The highest BCUT2D eigenvalue weighted by atomic mass is 31.2. The van der Waals surface area contributed by atoms with Gasteiger partial charge in [-0.05, 0) is 40.7 Å². The van der Waals surface area contributed by atoms with Crippen molar-refractivity contribution >= 4 is 7.60 Å². The van der Waals surface area contributed by atoms with Gasteiger partial charge in [0.2, 0.25) is 0 Å². The SMILES string of the molecule is CC(C)(C)c1cc(OP(=O)(O)Cc2ccc(O)cc2)cc(C(C)(C)C)c1O. The first-order chi connectivity index (χ1) is 12.2. The Morgan fingerprint density at radius 3 is 1.74 bits per heavy atom. The van der Waals surface area contributed by atoms with Gasteiger partial charge in [0.25, 0.3) is 0 Å². The summed E-state index contributed by atoms with van der Waals surface area (Å²) in [5, 5.41) is 20.1. The Balaban J connectivity index is 2.42. The second-order valence-corrected chi connectivity index (χ2v) is 10.7. The van der Waals surface area contributed by atoms with E-state index in [-0.39, 0.29) is 34.2 Å². The topological polar surface area (TPSA) is 87.0 Å². The fourth-order valence-electron chi connectivity index (χ4n) is 2.83. The van der Waals surface area contributed by atoms with Gasteiger partial charge < -0.3 is 19.6 Å². The molecule has 27 heavy (non-hydrogen) atoms. The summed E-state index contributed by atoms with van der Waals surface area (Å²) in [6, 6.07) is 9.35. The molecule has 0 radical (unpaired) electrons. The summed E-state index contributed by atoms with van der Waals surface area (Å²) in [7, 11) is -3.97. The highest BCUT2D eigenvalue weighted by Gasteiger charge is 2.29. The molecule has 2 aromatic rings. The number of phenolic OH excluding ortho intramolecular Hbond substituents is 2. The molecule has 0 saturated heterocycles. The minimum atomic E-state index is -3.97.